The quantitative estimate of drug-likeness (QED) is 0.520. The molecule has 0 unspecified atom stereocenters. The predicted octanol–water partition coefficient (Wildman–Crippen LogP) is 1.23. The molecule has 0 aliphatic rings. The van der Waals surface area contributed by atoms with Gasteiger partial charge in [0.05, 0.1) is 25.1 Å². The molecule has 0 aliphatic heterocycles. The number of nitrogens with zero attached hydrogens (tertiary/aromatic N) is 1. The molecule has 92 valence electrons. The fourth-order valence-corrected chi connectivity index (χ4v) is 0.840. The van der Waals surface area contributed by atoms with Crippen LogP contribution in [-0.4, -0.2) is 57.3 Å². The van der Waals surface area contributed by atoms with Crippen molar-refractivity contribution in [3.63, 3.8) is 0 Å². The van der Waals surface area contributed by atoms with Gasteiger partial charge in [-0.1, -0.05) is 27.8 Å². The highest BCUT2D eigenvalue weighted by molar-refractivity contribution is 9.09. The number of terminal acetylenes is 2. The van der Waals surface area contributed by atoms with E-state index in [1.165, 1.54) is 0 Å². The van der Waals surface area contributed by atoms with Crippen LogP contribution in [-0.2, 0) is 9.47 Å². The van der Waals surface area contributed by atoms with Crippen LogP contribution < -0.4 is 0 Å². The minimum atomic E-state index is 0.659. The maximum Gasteiger partial charge on any atom is 0.0642 e. The van der Waals surface area contributed by atoms with Gasteiger partial charge in [0.15, 0.2) is 0 Å². The van der Waals surface area contributed by atoms with E-state index >= 15 is 0 Å². The van der Waals surface area contributed by atoms with Crippen LogP contribution in [0.5, 0.6) is 0 Å². The highest BCUT2D eigenvalue weighted by Crippen LogP contribution is 1.87. The van der Waals surface area contributed by atoms with Gasteiger partial charge in [-0.05, 0) is 0 Å². The molecule has 4 heteroatoms. The van der Waals surface area contributed by atoms with Gasteiger partial charge in [0.25, 0.3) is 0 Å². The zero-order chi connectivity index (χ0) is 12.6. The van der Waals surface area contributed by atoms with Crippen LogP contribution in [0.15, 0.2) is 0 Å². The Balaban J connectivity index is 0. The molecule has 0 rings (SSSR count). The summed E-state index contributed by atoms with van der Waals surface area (Å²) in [7, 11) is 3.37. The van der Waals surface area contributed by atoms with Crippen LogP contribution in [0.1, 0.15) is 0 Å². The van der Waals surface area contributed by atoms with E-state index in [0.29, 0.717) is 25.1 Å². The molecule has 0 amide bonds. The summed E-state index contributed by atoms with van der Waals surface area (Å²) in [6, 6.07) is 0. The fourth-order valence-electron chi connectivity index (χ4n) is 0.840. The zero-order valence-corrected chi connectivity index (χ0v) is 11.6. The second-order valence-electron chi connectivity index (χ2n) is 2.80. The summed E-state index contributed by atoms with van der Waals surface area (Å²) >= 11 is 3.01. The molecule has 0 radical (unpaired) electrons. The second-order valence-corrected chi connectivity index (χ2v) is 3.36. The Morgan fingerprint density at radius 3 is 1.75 bits per heavy atom. The number of halogens is 1. The number of alkyl halides is 1. The van der Waals surface area contributed by atoms with Crippen molar-refractivity contribution in [2.24, 2.45) is 0 Å². The van der Waals surface area contributed by atoms with Gasteiger partial charge >= 0.3 is 0 Å². The van der Waals surface area contributed by atoms with Crippen molar-refractivity contribution in [1.82, 2.24) is 4.90 Å². The van der Waals surface area contributed by atoms with Gasteiger partial charge in [-0.25, -0.2) is 0 Å². The van der Waals surface area contributed by atoms with Crippen LogP contribution in [0.25, 0.3) is 0 Å². The Hall–Kier alpha value is -0.520. The lowest BCUT2D eigenvalue weighted by atomic mass is 10.4. The van der Waals surface area contributed by atoms with Crippen LogP contribution in [0, 0.1) is 24.7 Å². The standard InChI is InChI=1S/C9H17NO2.C3H3Br/c1-4-5-10(6-8-11-2)7-9-12-3;1-2-3-4/h1H,5-9H2,2-3H3;1H,3H2. The largest absolute Gasteiger partial charge is 0.383 e. The normalized spacial score (nSPS) is 8.88. The van der Waals surface area contributed by atoms with Crippen molar-refractivity contribution in [1.29, 1.82) is 0 Å². The minimum Gasteiger partial charge on any atom is -0.383 e. The Morgan fingerprint density at radius 1 is 1.06 bits per heavy atom. The van der Waals surface area contributed by atoms with E-state index in [4.69, 9.17) is 22.3 Å². The molecule has 0 saturated carbocycles. The molecule has 0 fully saturated rings. The number of rotatable bonds is 7. The average molecular weight is 290 g/mol. The maximum absolute atomic E-state index is 5.20. The molecular weight excluding hydrogens is 270 g/mol. The maximum atomic E-state index is 5.20. The third-order valence-corrected chi connectivity index (χ3v) is 1.94. The molecule has 0 spiro atoms. The molecule has 16 heavy (non-hydrogen) atoms. The molecule has 0 atom stereocenters. The smallest absolute Gasteiger partial charge is 0.0642 e. The van der Waals surface area contributed by atoms with Crippen molar-refractivity contribution in [2.45, 2.75) is 0 Å². The molecule has 0 saturated heterocycles. The summed E-state index contributed by atoms with van der Waals surface area (Å²) in [5.41, 5.74) is 0. The first kappa shape index (κ1) is 17.9. The summed E-state index contributed by atoms with van der Waals surface area (Å²) < 4.78 is 9.90. The first-order chi connectivity index (χ1) is 7.76. The Morgan fingerprint density at radius 2 is 1.50 bits per heavy atom. The third kappa shape index (κ3) is 15.9. The lowest BCUT2D eigenvalue weighted by Crippen LogP contribution is -2.31. The molecule has 0 aromatic carbocycles. The lowest BCUT2D eigenvalue weighted by molar-refractivity contribution is 0.122. The van der Waals surface area contributed by atoms with Crippen LogP contribution in [0.2, 0.25) is 0 Å². The summed E-state index contributed by atoms with van der Waals surface area (Å²) in [5, 5.41) is 0.660. The molecule has 0 aromatic heterocycles. The Labute approximate surface area is 108 Å². The third-order valence-electron chi connectivity index (χ3n) is 1.62. The molecule has 0 aromatic rings. The van der Waals surface area contributed by atoms with E-state index in [0.717, 1.165) is 13.1 Å². The molecule has 3 nitrogen and oxygen atoms in total. The highest BCUT2D eigenvalue weighted by atomic mass is 79.9. The topological polar surface area (TPSA) is 21.7 Å². The predicted molar refractivity (Wildman–Crippen MR) is 71.7 cm³/mol. The molecular formula is C12H20BrNO2. The molecule has 0 N–H and O–H groups in total. The van der Waals surface area contributed by atoms with Crippen LogP contribution >= 0.6 is 15.9 Å². The van der Waals surface area contributed by atoms with Gasteiger partial charge in [0.2, 0.25) is 0 Å². The van der Waals surface area contributed by atoms with Gasteiger partial charge in [-0.2, -0.15) is 0 Å². The van der Waals surface area contributed by atoms with Crippen molar-refractivity contribution >= 4 is 15.9 Å². The minimum absolute atomic E-state index is 0.659. The summed E-state index contributed by atoms with van der Waals surface area (Å²) in [6.07, 6.45) is 9.93. The van der Waals surface area contributed by atoms with Gasteiger partial charge in [0.1, 0.15) is 0 Å². The van der Waals surface area contributed by atoms with E-state index in [9.17, 15) is 0 Å². The summed E-state index contributed by atoms with van der Waals surface area (Å²) in [4.78, 5) is 2.12. The van der Waals surface area contributed by atoms with Gasteiger partial charge in [-0.3, -0.25) is 4.90 Å². The van der Waals surface area contributed by atoms with Crippen molar-refractivity contribution < 1.29 is 9.47 Å². The first-order valence-electron chi connectivity index (χ1n) is 4.89. The second kappa shape index (κ2) is 16.9. The monoisotopic (exact) mass is 289 g/mol. The zero-order valence-electron chi connectivity index (χ0n) is 10.0. The Kier molecular flexibility index (Phi) is 18.9. The van der Waals surface area contributed by atoms with E-state index < -0.39 is 0 Å². The molecule has 0 bridgehead atoms. The van der Waals surface area contributed by atoms with Crippen molar-refractivity contribution in [2.75, 3.05) is 52.4 Å². The summed E-state index contributed by atoms with van der Waals surface area (Å²) in [5.74, 6) is 4.95. The van der Waals surface area contributed by atoms with E-state index in [-0.39, 0.29) is 0 Å². The van der Waals surface area contributed by atoms with Gasteiger partial charge in [0, 0.05) is 27.3 Å². The first-order valence-corrected chi connectivity index (χ1v) is 6.02. The van der Waals surface area contributed by atoms with Crippen molar-refractivity contribution in [3.8, 4) is 24.7 Å². The van der Waals surface area contributed by atoms with Crippen LogP contribution in [0.4, 0.5) is 0 Å². The number of ether oxygens (including phenoxy) is 2. The van der Waals surface area contributed by atoms with E-state index in [1.807, 2.05) is 0 Å². The van der Waals surface area contributed by atoms with Gasteiger partial charge < -0.3 is 9.47 Å². The molecule has 0 heterocycles. The number of hydrogen-bond donors (Lipinski definition) is 0. The SMILES string of the molecule is C#CCBr.C#CCN(CCOC)CCOC. The number of hydrogen-bond acceptors (Lipinski definition) is 3. The van der Waals surface area contributed by atoms with Crippen molar-refractivity contribution in [3.05, 3.63) is 0 Å². The van der Waals surface area contributed by atoms with E-state index in [2.05, 4.69) is 32.7 Å². The average Bonchev–Trinajstić information content (AvgIpc) is 2.33. The number of methoxy groups -OCH3 is 2. The van der Waals surface area contributed by atoms with E-state index in [1.54, 1.807) is 14.2 Å². The highest BCUT2D eigenvalue weighted by Gasteiger charge is 2.00. The molecule has 0 aliphatic carbocycles. The Bertz CT molecular complexity index is 200. The summed E-state index contributed by atoms with van der Waals surface area (Å²) in [6.45, 7) is 3.82. The van der Waals surface area contributed by atoms with Crippen LogP contribution in [0.3, 0.4) is 0 Å². The lowest BCUT2D eigenvalue weighted by Gasteiger charge is -2.18. The fraction of sp³-hybridized carbons (Fsp3) is 0.667. The van der Waals surface area contributed by atoms with Gasteiger partial charge in [-0.15, -0.1) is 12.8 Å².